The number of hydrogen-bond donors (Lipinski definition) is 1. The maximum atomic E-state index is 6.02. The van der Waals surface area contributed by atoms with E-state index in [0.717, 1.165) is 19.6 Å². The van der Waals surface area contributed by atoms with Gasteiger partial charge < -0.3 is 5.32 Å². The van der Waals surface area contributed by atoms with Crippen molar-refractivity contribution in [1.29, 1.82) is 0 Å². The van der Waals surface area contributed by atoms with Crippen LogP contribution in [0.1, 0.15) is 18.4 Å². The molecule has 0 amide bonds. The molecule has 0 unspecified atom stereocenters. The lowest BCUT2D eigenvalue weighted by atomic mass is 10.0. The Balaban J connectivity index is 0.00000162. The van der Waals surface area contributed by atoms with Gasteiger partial charge in [-0.2, -0.15) is 0 Å². The van der Waals surface area contributed by atoms with Gasteiger partial charge in [0.15, 0.2) is 0 Å². The second-order valence-corrected chi connectivity index (χ2v) is 5.40. The first-order valence-electron chi connectivity index (χ1n) is 6.02. The first-order chi connectivity index (χ1) is 8.19. The summed E-state index contributed by atoms with van der Waals surface area (Å²) in [6, 6.07) is 6.58. The predicted molar refractivity (Wildman–Crippen MR) is 81.1 cm³/mol. The van der Waals surface area contributed by atoms with Gasteiger partial charge in [0.25, 0.3) is 0 Å². The molecule has 0 bridgehead atoms. The second-order valence-electron chi connectivity index (χ2n) is 4.59. The second kappa shape index (κ2) is 7.56. The Bertz CT molecular complexity index is 376. The Kier molecular flexibility index (Phi) is 6.75. The van der Waals surface area contributed by atoms with E-state index < -0.39 is 0 Å². The topological polar surface area (TPSA) is 15.3 Å². The van der Waals surface area contributed by atoms with E-state index in [0.29, 0.717) is 16.1 Å². The molecule has 0 aliphatic carbocycles. The first kappa shape index (κ1) is 16.1. The molecule has 0 radical (unpaired) electrons. The van der Waals surface area contributed by atoms with Crippen molar-refractivity contribution < 1.29 is 0 Å². The molecule has 18 heavy (non-hydrogen) atoms. The van der Waals surface area contributed by atoms with Gasteiger partial charge >= 0.3 is 0 Å². The zero-order valence-electron chi connectivity index (χ0n) is 10.5. The van der Waals surface area contributed by atoms with Crippen LogP contribution in [0, 0.1) is 0 Å². The van der Waals surface area contributed by atoms with Crippen LogP contribution in [0.5, 0.6) is 0 Å². The normalized spacial score (nSPS) is 17.5. The van der Waals surface area contributed by atoms with Gasteiger partial charge in [0.05, 0.1) is 10.0 Å². The van der Waals surface area contributed by atoms with Crippen LogP contribution in [0.25, 0.3) is 0 Å². The molecule has 1 N–H and O–H groups in total. The van der Waals surface area contributed by atoms with Gasteiger partial charge in [0.2, 0.25) is 0 Å². The van der Waals surface area contributed by atoms with E-state index in [1.807, 2.05) is 19.2 Å². The third kappa shape index (κ3) is 4.29. The lowest BCUT2D eigenvalue weighted by molar-refractivity contribution is 0.194. The average molecular weight is 310 g/mol. The number of benzene rings is 1. The van der Waals surface area contributed by atoms with Crippen LogP contribution in [0.3, 0.4) is 0 Å². The molecule has 1 aliphatic heterocycles. The quantitative estimate of drug-likeness (QED) is 0.918. The summed E-state index contributed by atoms with van der Waals surface area (Å²) in [5, 5.41) is 4.62. The van der Waals surface area contributed by atoms with Crippen molar-refractivity contribution in [3.63, 3.8) is 0 Å². The van der Waals surface area contributed by atoms with Crippen LogP contribution in [0.2, 0.25) is 10.0 Å². The van der Waals surface area contributed by atoms with Gasteiger partial charge in [0, 0.05) is 12.6 Å². The van der Waals surface area contributed by atoms with Gasteiger partial charge in [-0.1, -0.05) is 29.3 Å². The highest BCUT2D eigenvalue weighted by atomic mass is 35.5. The molecule has 1 fully saturated rings. The van der Waals surface area contributed by atoms with Crippen molar-refractivity contribution in [3.05, 3.63) is 33.8 Å². The molecule has 0 atom stereocenters. The summed E-state index contributed by atoms with van der Waals surface area (Å²) in [4.78, 5) is 2.47. The zero-order valence-corrected chi connectivity index (χ0v) is 12.8. The third-order valence-electron chi connectivity index (χ3n) is 3.39. The standard InChI is InChI=1S/C13H18Cl2N2.ClH/c1-16-11-4-6-17(7-5-11)9-10-2-3-12(14)13(15)8-10;/h2-3,8,11,16H,4-7,9H2,1H3;1H. The van der Waals surface area contributed by atoms with Gasteiger partial charge in [-0.05, 0) is 50.7 Å². The van der Waals surface area contributed by atoms with Crippen LogP contribution in [0.4, 0.5) is 0 Å². The molecular weight excluding hydrogens is 291 g/mol. The highest BCUT2D eigenvalue weighted by molar-refractivity contribution is 6.42. The van der Waals surface area contributed by atoms with Gasteiger partial charge in [-0.15, -0.1) is 12.4 Å². The van der Waals surface area contributed by atoms with Crippen LogP contribution in [0.15, 0.2) is 18.2 Å². The predicted octanol–water partition coefficient (Wildman–Crippen LogP) is 3.60. The molecule has 2 rings (SSSR count). The molecule has 1 heterocycles. The Morgan fingerprint density at radius 2 is 1.89 bits per heavy atom. The monoisotopic (exact) mass is 308 g/mol. The fraction of sp³-hybridized carbons (Fsp3) is 0.538. The molecule has 5 heteroatoms. The van der Waals surface area contributed by atoms with E-state index in [-0.39, 0.29) is 12.4 Å². The molecule has 0 saturated carbocycles. The van der Waals surface area contributed by atoms with E-state index in [2.05, 4.69) is 16.3 Å². The van der Waals surface area contributed by atoms with Crippen LogP contribution in [-0.2, 0) is 6.54 Å². The summed E-state index contributed by atoms with van der Waals surface area (Å²) >= 11 is 11.9. The van der Waals surface area contributed by atoms with Crippen molar-refractivity contribution in [2.75, 3.05) is 20.1 Å². The Hall–Kier alpha value is 0.01000. The molecule has 0 spiro atoms. The Labute approximate surface area is 125 Å². The number of piperidine rings is 1. The summed E-state index contributed by atoms with van der Waals surface area (Å²) in [5.41, 5.74) is 1.24. The minimum absolute atomic E-state index is 0. The summed E-state index contributed by atoms with van der Waals surface area (Å²) in [7, 11) is 2.04. The van der Waals surface area contributed by atoms with Crippen LogP contribution >= 0.6 is 35.6 Å². The molecule has 102 valence electrons. The minimum Gasteiger partial charge on any atom is -0.317 e. The molecule has 1 aliphatic rings. The largest absolute Gasteiger partial charge is 0.317 e. The lowest BCUT2D eigenvalue weighted by Crippen LogP contribution is -2.40. The molecule has 1 aromatic rings. The molecule has 0 aromatic heterocycles. The summed E-state index contributed by atoms with van der Waals surface area (Å²) in [6.07, 6.45) is 2.44. The van der Waals surface area contributed by atoms with E-state index in [1.165, 1.54) is 18.4 Å². The number of hydrogen-bond acceptors (Lipinski definition) is 2. The fourth-order valence-corrected chi connectivity index (χ4v) is 2.60. The summed E-state index contributed by atoms with van der Waals surface area (Å²) < 4.78 is 0. The Morgan fingerprint density at radius 1 is 1.22 bits per heavy atom. The summed E-state index contributed by atoms with van der Waals surface area (Å²) in [6.45, 7) is 3.25. The maximum Gasteiger partial charge on any atom is 0.0595 e. The maximum absolute atomic E-state index is 6.02. The van der Waals surface area contributed by atoms with Crippen LogP contribution in [-0.4, -0.2) is 31.1 Å². The SMILES string of the molecule is CNC1CCN(Cc2ccc(Cl)c(Cl)c2)CC1.Cl. The van der Waals surface area contributed by atoms with E-state index >= 15 is 0 Å². The van der Waals surface area contributed by atoms with Gasteiger partial charge in [-0.25, -0.2) is 0 Å². The fourth-order valence-electron chi connectivity index (χ4n) is 2.28. The van der Waals surface area contributed by atoms with E-state index in [9.17, 15) is 0 Å². The van der Waals surface area contributed by atoms with Crippen molar-refractivity contribution in [3.8, 4) is 0 Å². The smallest absolute Gasteiger partial charge is 0.0595 e. The highest BCUT2D eigenvalue weighted by Gasteiger charge is 2.17. The van der Waals surface area contributed by atoms with Gasteiger partial charge in [0.1, 0.15) is 0 Å². The van der Waals surface area contributed by atoms with Crippen molar-refractivity contribution in [2.24, 2.45) is 0 Å². The zero-order chi connectivity index (χ0) is 12.3. The number of rotatable bonds is 3. The van der Waals surface area contributed by atoms with E-state index in [4.69, 9.17) is 23.2 Å². The lowest BCUT2D eigenvalue weighted by Gasteiger charge is -2.31. The minimum atomic E-state index is 0. The highest BCUT2D eigenvalue weighted by Crippen LogP contribution is 2.23. The molecule has 2 nitrogen and oxygen atoms in total. The van der Waals surface area contributed by atoms with Crippen LogP contribution < -0.4 is 5.32 Å². The number of nitrogens with one attached hydrogen (secondary N) is 1. The number of nitrogens with zero attached hydrogens (tertiary/aromatic N) is 1. The number of halogens is 3. The van der Waals surface area contributed by atoms with E-state index in [1.54, 1.807) is 0 Å². The van der Waals surface area contributed by atoms with Crippen molar-refractivity contribution in [1.82, 2.24) is 10.2 Å². The third-order valence-corrected chi connectivity index (χ3v) is 4.13. The molecular formula is C13H19Cl3N2. The van der Waals surface area contributed by atoms with Crippen molar-refractivity contribution >= 4 is 35.6 Å². The molecule has 1 aromatic carbocycles. The number of likely N-dealkylation sites (tertiary alicyclic amines) is 1. The Morgan fingerprint density at radius 3 is 2.44 bits per heavy atom. The molecule has 1 saturated heterocycles. The summed E-state index contributed by atoms with van der Waals surface area (Å²) in [5.74, 6) is 0. The van der Waals surface area contributed by atoms with Gasteiger partial charge in [-0.3, -0.25) is 4.90 Å². The first-order valence-corrected chi connectivity index (χ1v) is 6.78. The average Bonchev–Trinajstić information content (AvgIpc) is 2.35. The van der Waals surface area contributed by atoms with Crippen molar-refractivity contribution in [2.45, 2.75) is 25.4 Å².